The Bertz CT molecular complexity index is 779. The quantitative estimate of drug-likeness (QED) is 0.944. The molecule has 1 aromatic carbocycles. The molecule has 1 aromatic heterocycles. The predicted molar refractivity (Wildman–Crippen MR) is 88.6 cm³/mol. The van der Waals surface area contributed by atoms with E-state index in [4.69, 9.17) is 0 Å². The maximum Gasteiger partial charge on any atom is 0.265 e. The molecule has 1 N–H and O–H groups in total. The fourth-order valence-electron chi connectivity index (χ4n) is 2.43. The second-order valence-corrected chi connectivity index (χ2v) is 8.40. The molecule has 0 atom stereocenters. The smallest absolute Gasteiger partial charge is 0.265 e. The van der Waals surface area contributed by atoms with E-state index < -0.39 is 10.0 Å². The summed E-state index contributed by atoms with van der Waals surface area (Å²) in [6, 6.07) is 5.64. The SMILES string of the molecule is Cc1cc(C)cc(NS(=O)(=O)c2cn(C)nc2C(C)(C)C)c1. The van der Waals surface area contributed by atoms with E-state index in [2.05, 4.69) is 9.82 Å². The summed E-state index contributed by atoms with van der Waals surface area (Å²) in [4.78, 5) is 0.224. The summed E-state index contributed by atoms with van der Waals surface area (Å²) < 4.78 is 29.7. The van der Waals surface area contributed by atoms with Crippen molar-refractivity contribution in [1.29, 1.82) is 0 Å². The van der Waals surface area contributed by atoms with Gasteiger partial charge in [-0.1, -0.05) is 26.8 Å². The summed E-state index contributed by atoms with van der Waals surface area (Å²) in [5.41, 5.74) is 2.81. The summed E-state index contributed by atoms with van der Waals surface area (Å²) in [6.07, 6.45) is 1.55. The highest BCUT2D eigenvalue weighted by atomic mass is 32.2. The van der Waals surface area contributed by atoms with Crippen LogP contribution in [0.25, 0.3) is 0 Å². The number of sulfonamides is 1. The van der Waals surface area contributed by atoms with Crippen molar-refractivity contribution in [2.45, 2.75) is 44.9 Å². The van der Waals surface area contributed by atoms with Gasteiger partial charge in [-0.3, -0.25) is 9.40 Å². The predicted octanol–water partition coefficient (Wildman–Crippen LogP) is 3.14. The van der Waals surface area contributed by atoms with E-state index >= 15 is 0 Å². The molecule has 0 aliphatic rings. The van der Waals surface area contributed by atoms with Gasteiger partial charge in [0.25, 0.3) is 10.0 Å². The molecule has 0 saturated carbocycles. The Hall–Kier alpha value is -1.82. The Labute approximate surface area is 132 Å². The molecule has 2 aromatic rings. The maximum atomic E-state index is 12.7. The lowest BCUT2D eigenvalue weighted by Crippen LogP contribution is -2.20. The third-order valence-corrected chi connectivity index (χ3v) is 4.65. The Kier molecular flexibility index (Phi) is 4.08. The van der Waals surface area contributed by atoms with E-state index in [1.165, 1.54) is 4.68 Å². The summed E-state index contributed by atoms with van der Waals surface area (Å²) in [6.45, 7) is 9.73. The molecule has 22 heavy (non-hydrogen) atoms. The molecule has 6 heteroatoms. The topological polar surface area (TPSA) is 64.0 Å². The van der Waals surface area contributed by atoms with Crippen LogP contribution in [0.1, 0.15) is 37.6 Å². The maximum absolute atomic E-state index is 12.7. The largest absolute Gasteiger partial charge is 0.280 e. The van der Waals surface area contributed by atoms with Gasteiger partial charge in [0, 0.05) is 24.3 Å². The Balaban J connectivity index is 2.47. The number of benzene rings is 1. The van der Waals surface area contributed by atoms with Crippen LogP contribution in [-0.4, -0.2) is 18.2 Å². The van der Waals surface area contributed by atoms with Crippen LogP contribution < -0.4 is 4.72 Å². The number of nitrogens with zero attached hydrogens (tertiary/aromatic N) is 2. The van der Waals surface area contributed by atoms with Crippen LogP contribution in [0.4, 0.5) is 5.69 Å². The second-order valence-electron chi connectivity index (χ2n) is 6.75. The van der Waals surface area contributed by atoms with E-state index in [1.54, 1.807) is 13.2 Å². The number of hydrogen-bond acceptors (Lipinski definition) is 3. The first-order valence-corrected chi connectivity index (χ1v) is 8.62. The molecule has 120 valence electrons. The standard InChI is InChI=1S/C16H23N3O2S/c1-11-7-12(2)9-13(8-11)18-22(20,21)14-10-19(6)17-15(14)16(3,4)5/h7-10,18H,1-6H3. The monoisotopic (exact) mass is 321 g/mol. The first-order chi connectivity index (χ1) is 9.99. The zero-order chi connectivity index (χ0) is 16.7. The van der Waals surface area contributed by atoms with Crippen LogP contribution in [-0.2, 0) is 22.5 Å². The molecule has 0 unspecified atom stereocenters. The van der Waals surface area contributed by atoms with Crippen LogP contribution >= 0.6 is 0 Å². The van der Waals surface area contributed by atoms with Crippen molar-refractivity contribution >= 4 is 15.7 Å². The zero-order valence-corrected chi connectivity index (χ0v) is 14.7. The lowest BCUT2D eigenvalue weighted by molar-refractivity contribution is 0.539. The average molecular weight is 321 g/mol. The minimum atomic E-state index is -3.67. The Morgan fingerprint density at radius 2 is 1.64 bits per heavy atom. The van der Waals surface area contributed by atoms with Gasteiger partial charge in [-0.25, -0.2) is 8.42 Å². The molecule has 0 radical (unpaired) electrons. The first-order valence-electron chi connectivity index (χ1n) is 7.14. The van der Waals surface area contributed by atoms with Crippen LogP contribution in [0, 0.1) is 13.8 Å². The van der Waals surface area contributed by atoms with Crippen molar-refractivity contribution < 1.29 is 8.42 Å². The van der Waals surface area contributed by atoms with E-state index in [9.17, 15) is 8.42 Å². The molecule has 0 aliphatic carbocycles. The van der Waals surface area contributed by atoms with Crippen molar-refractivity contribution in [2.24, 2.45) is 7.05 Å². The summed E-state index contributed by atoms with van der Waals surface area (Å²) >= 11 is 0. The minimum absolute atomic E-state index is 0.224. The van der Waals surface area contributed by atoms with Gasteiger partial charge in [-0.15, -0.1) is 0 Å². The van der Waals surface area contributed by atoms with Crippen LogP contribution in [0.2, 0.25) is 0 Å². The number of rotatable bonds is 3. The van der Waals surface area contributed by atoms with Gasteiger partial charge in [0.1, 0.15) is 4.90 Å². The third kappa shape index (κ3) is 3.50. The fraction of sp³-hybridized carbons (Fsp3) is 0.438. The lowest BCUT2D eigenvalue weighted by atomic mass is 9.92. The van der Waals surface area contributed by atoms with E-state index in [0.29, 0.717) is 11.4 Å². The highest BCUT2D eigenvalue weighted by molar-refractivity contribution is 7.92. The van der Waals surface area contributed by atoms with Gasteiger partial charge in [0.05, 0.1) is 5.69 Å². The molecular weight excluding hydrogens is 298 g/mol. The van der Waals surface area contributed by atoms with Crippen molar-refractivity contribution in [2.75, 3.05) is 4.72 Å². The van der Waals surface area contributed by atoms with Gasteiger partial charge in [-0.05, 0) is 37.1 Å². The minimum Gasteiger partial charge on any atom is -0.280 e. The second kappa shape index (κ2) is 5.43. The molecule has 0 aliphatic heterocycles. The number of nitrogens with one attached hydrogen (secondary N) is 1. The highest BCUT2D eigenvalue weighted by Crippen LogP contribution is 2.29. The van der Waals surface area contributed by atoms with Crippen LogP contribution in [0.3, 0.4) is 0 Å². The molecule has 0 bridgehead atoms. The molecule has 0 amide bonds. The van der Waals surface area contributed by atoms with Gasteiger partial charge in [-0.2, -0.15) is 5.10 Å². The van der Waals surface area contributed by atoms with Crippen molar-refractivity contribution in [3.8, 4) is 0 Å². The lowest BCUT2D eigenvalue weighted by Gasteiger charge is -2.18. The summed E-state index contributed by atoms with van der Waals surface area (Å²) in [5, 5.41) is 4.32. The van der Waals surface area contributed by atoms with Gasteiger partial charge in [0.2, 0.25) is 0 Å². The van der Waals surface area contributed by atoms with Crippen molar-refractivity contribution in [3.63, 3.8) is 0 Å². The number of anilines is 1. The van der Waals surface area contributed by atoms with Crippen molar-refractivity contribution in [3.05, 3.63) is 41.2 Å². The van der Waals surface area contributed by atoms with Crippen molar-refractivity contribution in [1.82, 2.24) is 9.78 Å². The summed E-state index contributed by atoms with van der Waals surface area (Å²) in [7, 11) is -1.95. The number of aromatic nitrogens is 2. The van der Waals surface area contributed by atoms with E-state index in [1.807, 2.05) is 52.8 Å². The molecular formula is C16H23N3O2S. The molecule has 5 nitrogen and oxygen atoms in total. The highest BCUT2D eigenvalue weighted by Gasteiger charge is 2.29. The molecule has 2 rings (SSSR count). The fourth-order valence-corrected chi connectivity index (χ4v) is 3.86. The molecule has 0 saturated heterocycles. The average Bonchev–Trinajstić information content (AvgIpc) is 2.69. The van der Waals surface area contributed by atoms with Crippen LogP contribution in [0.5, 0.6) is 0 Å². The van der Waals surface area contributed by atoms with E-state index in [-0.39, 0.29) is 10.3 Å². The zero-order valence-electron chi connectivity index (χ0n) is 13.9. The van der Waals surface area contributed by atoms with Gasteiger partial charge < -0.3 is 0 Å². The third-order valence-electron chi connectivity index (χ3n) is 3.27. The number of aryl methyl sites for hydroxylation is 3. The van der Waals surface area contributed by atoms with Gasteiger partial charge in [0.15, 0.2) is 0 Å². The molecule has 0 spiro atoms. The Morgan fingerprint density at radius 3 is 2.14 bits per heavy atom. The van der Waals surface area contributed by atoms with Gasteiger partial charge >= 0.3 is 0 Å². The molecule has 0 fully saturated rings. The van der Waals surface area contributed by atoms with Crippen LogP contribution in [0.15, 0.2) is 29.3 Å². The Morgan fingerprint density at radius 1 is 1.09 bits per heavy atom. The first kappa shape index (κ1) is 16.5. The normalized spacial score (nSPS) is 12.5. The molecule has 1 heterocycles. The summed E-state index contributed by atoms with van der Waals surface area (Å²) in [5.74, 6) is 0. The van der Waals surface area contributed by atoms with E-state index in [0.717, 1.165) is 11.1 Å². The number of hydrogen-bond donors (Lipinski definition) is 1.